The Hall–Kier alpha value is -4.58. The van der Waals surface area contributed by atoms with E-state index in [1.807, 2.05) is 30.3 Å². The van der Waals surface area contributed by atoms with Gasteiger partial charge in [0.2, 0.25) is 5.91 Å². The number of benzene rings is 2. The standard InChI is InChI=1S/C27H30N4O7S/c1-16(25(34)30-19(14-24(32)33)18-9-10-20(37-2)21(13-18)38-3)29-26(35)22-11-12-23(39-22)31-27(36)28-15-17-7-5-4-6-8-17/h4-13,16,19H,14-15H2,1-3H3,(H,29,35)(H,30,34)(H,32,33)(H2,28,31,36)/t16-,19?/m0/s1. The molecule has 206 valence electrons. The van der Waals surface area contributed by atoms with Crippen molar-refractivity contribution in [3.05, 3.63) is 76.7 Å². The van der Waals surface area contributed by atoms with E-state index in [4.69, 9.17) is 9.47 Å². The molecule has 39 heavy (non-hydrogen) atoms. The molecule has 1 heterocycles. The number of carbonyl (C=O) groups excluding carboxylic acids is 3. The van der Waals surface area contributed by atoms with E-state index >= 15 is 0 Å². The Labute approximate surface area is 229 Å². The fourth-order valence-corrected chi connectivity index (χ4v) is 4.39. The van der Waals surface area contributed by atoms with Gasteiger partial charge in [-0.25, -0.2) is 4.79 Å². The van der Waals surface area contributed by atoms with Gasteiger partial charge in [-0.1, -0.05) is 36.4 Å². The van der Waals surface area contributed by atoms with Crippen LogP contribution in [0.25, 0.3) is 0 Å². The molecule has 1 unspecified atom stereocenters. The van der Waals surface area contributed by atoms with Gasteiger partial charge < -0.3 is 30.5 Å². The second kappa shape index (κ2) is 13.8. The Kier molecular flexibility index (Phi) is 10.3. The smallest absolute Gasteiger partial charge is 0.320 e. The topological polar surface area (TPSA) is 155 Å². The first-order valence-electron chi connectivity index (χ1n) is 11.9. The molecule has 3 rings (SSSR count). The number of ether oxygens (including phenoxy) is 2. The summed E-state index contributed by atoms with van der Waals surface area (Å²) in [4.78, 5) is 49.5. The third-order valence-electron chi connectivity index (χ3n) is 5.61. The quantitative estimate of drug-likeness (QED) is 0.229. The van der Waals surface area contributed by atoms with Gasteiger partial charge in [0.05, 0.1) is 36.6 Å². The second-order valence-corrected chi connectivity index (χ2v) is 9.51. The first-order chi connectivity index (χ1) is 18.7. The van der Waals surface area contributed by atoms with Crippen molar-refractivity contribution < 1.29 is 33.8 Å². The van der Waals surface area contributed by atoms with E-state index < -0.39 is 35.9 Å². The van der Waals surface area contributed by atoms with Gasteiger partial charge in [-0.05, 0) is 42.3 Å². The minimum atomic E-state index is -1.11. The zero-order chi connectivity index (χ0) is 28.4. The molecule has 4 amide bonds. The van der Waals surface area contributed by atoms with Crippen molar-refractivity contribution in [2.45, 2.75) is 32.0 Å². The lowest BCUT2D eigenvalue weighted by Crippen LogP contribution is -2.46. The number of hydrogen-bond acceptors (Lipinski definition) is 7. The lowest BCUT2D eigenvalue weighted by molar-refractivity contribution is -0.137. The largest absolute Gasteiger partial charge is 0.493 e. The molecule has 1 aromatic heterocycles. The molecule has 5 N–H and O–H groups in total. The molecule has 0 aliphatic carbocycles. The van der Waals surface area contributed by atoms with Crippen LogP contribution in [-0.4, -0.2) is 49.2 Å². The van der Waals surface area contributed by atoms with E-state index in [0.29, 0.717) is 28.6 Å². The Morgan fingerprint density at radius 3 is 2.31 bits per heavy atom. The summed E-state index contributed by atoms with van der Waals surface area (Å²) in [6.07, 6.45) is -0.381. The first-order valence-corrected chi connectivity index (χ1v) is 12.7. The summed E-state index contributed by atoms with van der Waals surface area (Å²) >= 11 is 1.05. The van der Waals surface area contributed by atoms with Gasteiger partial charge in [0.25, 0.3) is 5.91 Å². The minimum absolute atomic E-state index is 0.287. The average molecular weight is 555 g/mol. The fourth-order valence-electron chi connectivity index (χ4n) is 3.59. The molecular formula is C27H30N4O7S. The van der Waals surface area contributed by atoms with Gasteiger partial charge >= 0.3 is 12.0 Å². The summed E-state index contributed by atoms with van der Waals surface area (Å²) in [5.74, 6) is -1.35. The van der Waals surface area contributed by atoms with Crippen LogP contribution in [0.1, 0.15) is 40.2 Å². The summed E-state index contributed by atoms with van der Waals surface area (Å²) in [6, 6.07) is 15.1. The van der Waals surface area contributed by atoms with E-state index in [0.717, 1.165) is 16.9 Å². The summed E-state index contributed by atoms with van der Waals surface area (Å²) in [5.41, 5.74) is 1.45. The molecular weight excluding hydrogens is 524 g/mol. The van der Waals surface area contributed by atoms with Crippen molar-refractivity contribution in [3.63, 3.8) is 0 Å². The molecule has 0 fully saturated rings. The predicted octanol–water partition coefficient (Wildman–Crippen LogP) is 3.54. The molecule has 2 atom stereocenters. The molecule has 11 nitrogen and oxygen atoms in total. The van der Waals surface area contributed by atoms with Gasteiger partial charge in [-0.15, -0.1) is 11.3 Å². The van der Waals surface area contributed by atoms with Crippen LogP contribution >= 0.6 is 11.3 Å². The number of methoxy groups -OCH3 is 2. The van der Waals surface area contributed by atoms with E-state index in [1.165, 1.54) is 27.2 Å². The van der Waals surface area contributed by atoms with Crippen LogP contribution in [0.2, 0.25) is 0 Å². The Morgan fingerprint density at radius 2 is 1.64 bits per heavy atom. The molecule has 0 aliphatic rings. The number of carbonyl (C=O) groups is 4. The minimum Gasteiger partial charge on any atom is -0.493 e. The highest BCUT2D eigenvalue weighted by atomic mass is 32.1. The monoisotopic (exact) mass is 554 g/mol. The number of amides is 4. The number of anilines is 1. The van der Waals surface area contributed by atoms with Crippen molar-refractivity contribution in [1.82, 2.24) is 16.0 Å². The first kappa shape index (κ1) is 29.0. The normalized spacial score (nSPS) is 12.0. The number of nitrogens with one attached hydrogen (secondary N) is 4. The summed E-state index contributed by atoms with van der Waals surface area (Å²) < 4.78 is 10.5. The average Bonchev–Trinajstić information content (AvgIpc) is 3.39. The number of rotatable bonds is 12. The molecule has 0 saturated carbocycles. The maximum Gasteiger partial charge on any atom is 0.320 e. The zero-order valence-corrected chi connectivity index (χ0v) is 22.5. The maximum absolute atomic E-state index is 12.9. The van der Waals surface area contributed by atoms with Crippen LogP contribution in [0.3, 0.4) is 0 Å². The highest BCUT2D eigenvalue weighted by Crippen LogP contribution is 2.31. The maximum atomic E-state index is 12.9. The van der Waals surface area contributed by atoms with Crippen molar-refractivity contribution in [2.75, 3.05) is 19.5 Å². The number of carboxylic acids is 1. The number of thiophene rings is 1. The number of urea groups is 1. The molecule has 0 aliphatic heterocycles. The van der Waals surface area contributed by atoms with Crippen LogP contribution in [-0.2, 0) is 16.1 Å². The molecule has 12 heteroatoms. The summed E-state index contributed by atoms with van der Waals surface area (Å²) in [5, 5.41) is 20.5. The molecule has 2 aromatic carbocycles. The zero-order valence-electron chi connectivity index (χ0n) is 21.6. The van der Waals surface area contributed by atoms with Gasteiger partial charge in [-0.2, -0.15) is 0 Å². The van der Waals surface area contributed by atoms with Crippen LogP contribution in [0.4, 0.5) is 9.80 Å². The third kappa shape index (κ3) is 8.47. The van der Waals surface area contributed by atoms with Crippen LogP contribution in [0.5, 0.6) is 11.5 Å². The highest BCUT2D eigenvalue weighted by molar-refractivity contribution is 7.18. The molecule has 0 radical (unpaired) electrons. The molecule has 0 bridgehead atoms. The van der Waals surface area contributed by atoms with E-state index in [2.05, 4.69) is 21.3 Å². The molecule has 0 spiro atoms. The van der Waals surface area contributed by atoms with E-state index in [9.17, 15) is 24.3 Å². The van der Waals surface area contributed by atoms with Crippen molar-refractivity contribution in [3.8, 4) is 11.5 Å². The third-order valence-corrected chi connectivity index (χ3v) is 6.61. The SMILES string of the molecule is COc1ccc(C(CC(=O)O)NC(=O)[C@H](C)NC(=O)c2ccc(NC(=O)NCc3ccccc3)s2)cc1OC. The van der Waals surface area contributed by atoms with Gasteiger partial charge in [0, 0.05) is 6.54 Å². The van der Waals surface area contributed by atoms with Crippen molar-refractivity contribution in [1.29, 1.82) is 0 Å². The van der Waals surface area contributed by atoms with Crippen LogP contribution in [0.15, 0.2) is 60.7 Å². The van der Waals surface area contributed by atoms with Crippen LogP contribution < -0.4 is 30.7 Å². The van der Waals surface area contributed by atoms with Crippen molar-refractivity contribution >= 4 is 40.2 Å². The Balaban J connectivity index is 1.57. The lowest BCUT2D eigenvalue weighted by atomic mass is 10.0. The van der Waals surface area contributed by atoms with Crippen LogP contribution in [0, 0.1) is 0 Å². The van der Waals surface area contributed by atoms with E-state index in [1.54, 1.807) is 24.3 Å². The van der Waals surface area contributed by atoms with Gasteiger partial charge in [0.1, 0.15) is 6.04 Å². The van der Waals surface area contributed by atoms with Gasteiger partial charge in [0.15, 0.2) is 11.5 Å². The second-order valence-electron chi connectivity index (χ2n) is 8.43. The number of aliphatic carboxylic acids is 1. The lowest BCUT2D eigenvalue weighted by Gasteiger charge is -2.21. The van der Waals surface area contributed by atoms with E-state index in [-0.39, 0.29) is 11.3 Å². The number of carboxylic acid groups (broad SMARTS) is 1. The molecule has 3 aromatic rings. The van der Waals surface area contributed by atoms with Crippen molar-refractivity contribution in [2.24, 2.45) is 0 Å². The fraction of sp³-hybridized carbons (Fsp3) is 0.259. The Morgan fingerprint density at radius 1 is 0.923 bits per heavy atom. The Bertz CT molecular complexity index is 1310. The predicted molar refractivity (Wildman–Crippen MR) is 146 cm³/mol. The van der Waals surface area contributed by atoms with Gasteiger partial charge in [-0.3, -0.25) is 19.7 Å². The number of hydrogen-bond donors (Lipinski definition) is 5. The highest BCUT2D eigenvalue weighted by Gasteiger charge is 2.24. The summed E-state index contributed by atoms with van der Waals surface area (Å²) in [7, 11) is 2.93. The molecule has 0 saturated heterocycles. The summed E-state index contributed by atoms with van der Waals surface area (Å²) in [6.45, 7) is 1.84.